The van der Waals surface area contributed by atoms with Crippen LogP contribution >= 0.6 is 0 Å². The zero-order valence-electron chi connectivity index (χ0n) is 19.5. The Labute approximate surface area is 205 Å². The average molecular weight is 489 g/mol. The maximum absolute atomic E-state index is 14.0. The van der Waals surface area contributed by atoms with Crippen molar-refractivity contribution in [3.05, 3.63) is 84.4 Å². The monoisotopic (exact) mass is 488 g/mol. The Morgan fingerprint density at radius 2 is 1.63 bits per heavy atom. The maximum Gasteiger partial charge on any atom is 0.252 e. The summed E-state index contributed by atoms with van der Waals surface area (Å²) >= 11 is 0. The van der Waals surface area contributed by atoms with Crippen LogP contribution in [-0.2, 0) is 19.6 Å². The fourth-order valence-electron chi connectivity index (χ4n) is 4.98. The summed E-state index contributed by atoms with van der Waals surface area (Å²) in [7, 11) is -4.03. The highest BCUT2D eigenvalue weighted by Gasteiger charge is 2.46. The topological polar surface area (TPSA) is 74.8 Å². The van der Waals surface area contributed by atoms with E-state index in [2.05, 4.69) is 6.08 Å². The number of nitrogens with zero attached hydrogens (tertiary/aromatic N) is 2. The number of benzene rings is 3. The van der Waals surface area contributed by atoms with E-state index >= 15 is 0 Å². The van der Waals surface area contributed by atoms with E-state index in [0.717, 1.165) is 41.4 Å². The molecule has 2 amide bonds. The number of hydrogen-bond acceptors (Lipinski definition) is 4. The molecule has 180 valence electrons. The first-order chi connectivity index (χ1) is 16.9. The molecule has 1 saturated heterocycles. The van der Waals surface area contributed by atoms with E-state index in [9.17, 15) is 18.0 Å². The molecule has 0 saturated carbocycles. The highest BCUT2D eigenvalue weighted by atomic mass is 32.2. The number of carbonyl (C=O) groups is 2. The summed E-state index contributed by atoms with van der Waals surface area (Å²) in [4.78, 5) is 27.7. The maximum atomic E-state index is 14.0. The van der Waals surface area contributed by atoms with E-state index in [1.165, 1.54) is 9.88 Å². The third kappa shape index (κ3) is 4.66. The van der Waals surface area contributed by atoms with Crippen molar-refractivity contribution in [2.75, 3.05) is 11.4 Å². The van der Waals surface area contributed by atoms with Crippen LogP contribution < -0.4 is 4.90 Å². The van der Waals surface area contributed by atoms with Gasteiger partial charge in [-0.3, -0.25) is 9.59 Å². The molecular formula is C28H28N2O4S. The van der Waals surface area contributed by atoms with Crippen LogP contribution in [0.4, 0.5) is 5.69 Å². The Bertz CT molecular complexity index is 1400. The number of anilines is 1. The Morgan fingerprint density at radius 1 is 0.886 bits per heavy atom. The zero-order chi connectivity index (χ0) is 24.4. The molecule has 0 bridgehead atoms. The summed E-state index contributed by atoms with van der Waals surface area (Å²) in [5, 5.41) is 1.75. The third-order valence-corrected chi connectivity index (χ3v) is 8.75. The molecule has 1 aliphatic carbocycles. The summed E-state index contributed by atoms with van der Waals surface area (Å²) in [6, 6.07) is 20.2. The average Bonchev–Trinajstić information content (AvgIpc) is 3.18. The lowest BCUT2D eigenvalue weighted by atomic mass is 9.97. The van der Waals surface area contributed by atoms with Crippen LogP contribution in [0, 0.1) is 0 Å². The molecule has 0 aromatic heterocycles. The molecule has 35 heavy (non-hydrogen) atoms. The van der Waals surface area contributed by atoms with Gasteiger partial charge in [-0.25, -0.2) is 13.3 Å². The zero-order valence-corrected chi connectivity index (χ0v) is 20.3. The summed E-state index contributed by atoms with van der Waals surface area (Å²) < 4.78 is 29.2. The summed E-state index contributed by atoms with van der Waals surface area (Å²) in [5.74, 6) is -0.884. The number of carbonyl (C=O) groups excluding carboxylic acids is 2. The van der Waals surface area contributed by atoms with Crippen molar-refractivity contribution in [3.8, 4) is 0 Å². The fourth-order valence-corrected chi connectivity index (χ4v) is 6.60. The van der Waals surface area contributed by atoms with Gasteiger partial charge in [0, 0.05) is 6.54 Å². The largest absolute Gasteiger partial charge is 0.274 e. The third-order valence-electron chi connectivity index (χ3n) is 6.85. The molecule has 5 rings (SSSR count). The SMILES string of the molecule is O=C1CC(N(CCC2=CCCCC2)S(=O)(=O)c2ccc3ccccc3c2)C(=O)N1c1ccccc1. The van der Waals surface area contributed by atoms with E-state index in [1.54, 1.807) is 48.5 Å². The lowest BCUT2D eigenvalue weighted by molar-refractivity contribution is -0.122. The second kappa shape index (κ2) is 9.76. The predicted octanol–water partition coefficient (Wildman–Crippen LogP) is 5.05. The smallest absolute Gasteiger partial charge is 0.252 e. The number of rotatable bonds is 7. The van der Waals surface area contributed by atoms with Crippen molar-refractivity contribution < 1.29 is 18.0 Å². The Balaban J connectivity index is 1.51. The van der Waals surface area contributed by atoms with E-state index in [-0.39, 0.29) is 23.8 Å². The standard InChI is InChI=1S/C28H28N2O4S/c31-27-20-26(28(32)30(27)24-13-5-2-6-14-24)29(18-17-21-9-3-1-4-10-21)35(33,34)25-16-15-22-11-7-8-12-23(22)19-25/h2,5-9,11-16,19,26H,1,3-4,10,17-18,20H2. The van der Waals surface area contributed by atoms with Gasteiger partial charge >= 0.3 is 0 Å². The highest BCUT2D eigenvalue weighted by Crippen LogP contribution is 2.31. The normalized spacial score (nSPS) is 18.9. The first-order valence-electron chi connectivity index (χ1n) is 12.1. The van der Waals surface area contributed by atoms with Gasteiger partial charge in [0.05, 0.1) is 17.0 Å². The van der Waals surface area contributed by atoms with Gasteiger partial charge in [0.2, 0.25) is 15.9 Å². The minimum Gasteiger partial charge on any atom is -0.274 e. The molecule has 1 aliphatic heterocycles. The quantitative estimate of drug-likeness (QED) is 0.344. The first-order valence-corrected chi connectivity index (χ1v) is 13.5. The highest BCUT2D eigenvalue weighted by molar-refractivity contribution is 7.89. The van der Waals surface area contributed by atoms with Crippen LogP contribution in [0.25, 0.3) is 10.8 Å². The Morgan fingerprint density at radius 3 is 2.37 bits per heavy atom. The van der Waals surface area contributed by atoms with Gasteiger partial charge in [0.25, 0.3) is 5.91 Å². The van der Waals surface area contributed by atoms with Crippen molar-refractivity contribution in [1.29, 1.82) is 0 Å². The molecule has 0 radical (unpaired) electrons. The molecule has 0 spiro atoms. The van der Waals surface area contributed by atoms with E-state index in [0.29, 0.717) is 12.1 Å². The van der Waals surface area contributed by atoms with Gasteiger partial charge < -0.3 is 0 Å². The van der Waals surface area contributed by atoms with Gasteiger partial charge in [-0.05, 0) is 67.1 Å². The molecule has 1 unspecified atom stereocenters. The van der Waals surface area contributed by atoms with E-state index in [1.807, 2.05) is 24.3 Å². The van der Waals surface area contributed by atoms with Crippen LogP contribution in [0.1, 0.15) is 38.5 Å². The van der Waals surface area contributed by atoms with Crippen LogP contribution in [0.15, 0.2) is 89.3 Å². The molecule has 1 atom stereocenters. The minimum absolute atomic E-state index is 0.132. The van der Waals surface area contributed by atoms with Crippen molar-refractivity contribution in [2.24, 2.45) is 0 Å². The number of fused-ring (bicyclic) bond motifs is 1. The van der Waals surface area contributed by atoms with Crippen molar-refractivity contribution in [1.82, 2.24) is 4.31 Å². The fraction of sp³-hybridized carbons (Fsp3) is 0.286. The van der Waals surface area contributed by atoms with Crippen LogP contribution in [0.2, 0.25) is 0 Å². The molecule has 0 N–H and O–H groups in total. The van der Waals surface area contributed by atoms with Gasteiger partial charge in [-0.1, -0.05) is 60.2 Å². The van der Waals surface area contributed by atoms with E-state index < -0.39 is 22.0 Å². The number of sulfonamides is 1. The van der Waals surface area contributed by atoms with Crippen LogP contribution in [0.3, 0.4) is 0 Å². The molecule has 6 nitrogen and oxygen atoms in total. The first kappa shape index (κ1) is 23.5. The van der Waals surface area contributed by atoms with Crippen molar-refractivity contribution in [2.45, 2.75) is 49.5 Å². The van der Waals surface area contributed by atoms with Crippen molar-refractivity contribution >= 4 is 38.3 Å². The number of imide groups is 1. The summed E-state index contributed by atoms with van der Waals surface area (Å²) in [6.45, 7) is 0.160. The number of allylic oxidation sites excluding steroid dienone is 1. The second-order valence-electron chi connectivity index (χ2n) is 9.11. The number of amides is 2. The van der Waals surface area contributed by atoms with Gasteiger partial charge in [0.1, 0.15) is 6.04 Å². The van der Waals surface area contributed by atoms with E-state index in [4.69, 9.17) is 0 Å². The Hall–Kier alpha value is -3.29. The molecule has 2 aliphatic rings. The van der Waals surface area contributed by atoms with Crippen molar-refractivity contribution in [3.63, 3.8) is 0 Å². The molecule has 1 heterocycles. The number of para-hydroxylation sites is 1. The Kier molecular flexibility index (Phi) is 6.54. The predicted molar refractivity (Wildman–Crippen MR) is 136 cm³/mol. The molecule has 3 aromatic carbocycles. The molecule has 7 heteroatoms. The lowest BCUT2D eigenvalue weighted by Gasteiger charge is -2.28. The van der Waals surface area contributed by atoms with Gasteiger partial charge in [0.15, 0.2) is 0 Å². The van der Waals surface area contributed by atoms with Gasteiger partial charge in [-0.2, -0.15) is 4.31 Å². The molecule has 3 aromatic rings. The number of hydrogen-bond donors (Lipinski definition) is 0. The van der Waals surface area contributed by atoms with Gasteiger partial charge in [-0.15, -0.1) is 0 Å². The van der Waals surface area contributed by atoms with Crippen LogP contribution in [0.5, 0.6) is 0 Å². The second-order valence-corrected chi connectivity index (χ2v) is 11.0. The summed E-state index contributed by atoms with van der Waals surface area (Å²) in [5.41, 5.74) is 1.68. The molecule has 1 fully saturated rings. The lowest BCUT2D eigenvalue weighted by Crippen LogP contribution is -2.46. The summed E-state index contributed by atoms with van der Waals surface area (Å²) in [6.07, 6.45) is 6.74. The van der Waals surface area contributed by atoms with Crippen LogP contribution in [-0.4, -0.2) is 37.1 Å². The minimum atomic E-state index is -4.03. The molecular weight excluding hydrogens is 460 g/mol.